The van der Waals surface area contributed by atoms with E-state index in [1.807, 2.05) is 0 Å². The number of alkyl halides is 3. The number of halogens is 3. The van der Waals surface area contributed by atoms with Gasteiger partial charge in [0.25, 0.3) is 0 Å². The maximum atomic E-state index is 11.8. The van der Waals surface area contributed by atoms with Crippen LogP contribution in [0.15, 0.2) is 18.3 Å². The highest BCUT2D eigenvalue weighted by atomic mass is 19.4. The van der Waals surface area contributed by atoms with Crippen molar-refractivity contribution in [2.24, 2.45) is 0 Å². The summed E-state index contributed by atoms with van der Waals surface area (Å²) in [4.78, 5) is 11.1. The number of nitrogens with zero attached hydrogens (tertiary/aromatic N) is 2. The molecule has 0 radical (unpaired) electrons. The zero-order chi connectivity index (χ0) is 12.3. The van der Waals surface area contributed by atoms with Crippen LogP contribution in [-0.2, 0) is 11.2 Å². The molecule has 0 amide bonds. The average molecular weight is 245 g/mol. The molecule has 0 saturated carbocycles. The van der Waals surface area contributed by atoms with E-state index in [-0.39, 0.29) is 6.61 Å². The molecule has 1 N–H and O–H groups in total. The average Bonchev–Trinajstić information content (AvgIpc) is 2.65. The first-order valence-electron chi connectivity index (χ1n) is 4.99. The molecule has 2 heterocycles. The first-order valence-corrected chi connectivity index (χ1v) is 4.99. The molecule has 0 fully saturated rings. The molecule has 0 aliphatic rings. The number of nitrogens with one attached hydrogen (secondary N) is 1. The zero-order valence-corrected chi connectivity index (χ0v) is 8.79. The van der Waals surface area contributed by atoms with E-state index in [4.69, 9.17) is 0 Å². The van der Waals surface area contributed by atoms with Gasteiger partial charge in [-0.1, -0.05) is 0 Å². The van der Waals surface area contributed by atoms with Crippen molar-refractivity contribution in [3.63, 3.8) is 0 Å². The van der Waals surface area contributed by atoms with Gasteiger partial charge in [0, 0.05) is 12.6 Å². The Bertz CT molecular complexity index is 462. The van der Waals surface area contributed by atoms with Gasteiger partial charge in [0.15, 0.2) is 5.65 Å². The highest BCUT2D eigenvalue weighted by Crippen LogP contribution is 2.14. The van der Waals surface area contributed by atoms with Gasteiger partial charge >= 0.3 is 6.18 Å². The number of imidazole rings is 1. The minimum absolute atomic E-state index is 0.0284. The van der Waals surface area contributed by atoms with Crippen molar-refractivity contribution in [3.8, 4) is 0 Å². The summed E-state index contributed by atoms with van der Waals surface area (Å²) in [6.45, 7) is -1.26. The Morgan fingerprint density at radius 1 is 1.35 bits per heavy atom. The van der Waals surface area contributed by atoms with Crippen LogP contribution in [-0.4, -0.2) is 34.3 Å². The third-order valence-electron chi connectivity index (χ3n) is 2.06. The van der Waals surface area contributed by atoms with E-state index in [0.717, 1.165) is 5.52 Å². The third-order valence-corrected chi connectivity index (χ3v) is 2.06. The number of fused-ring (bicyclic) bond motifs is 1. The lowest BCUT2D eigenvalue weighted by Gasteiger charge is -2.06. The summed E-state index contributed by atoms with van der Waals surface area (Å²) in [5.74, 6) is 0.570. The molecule has 0 saturated heterocycles. The summed E-state index contributed by atoms with van der Waals surface area (Å²) in [5.41, 5.74) is 1.32. The van der Waals surface area contributed by atoms with Gasteiger partial charge in [-0.2, -0.15) is 13.2 Å². The number of rotatable bonds is 4. The molecule has 0 atom stereocenters. The summed E-state index contributed by atoms with van der Waals surface area (Å²) in [6, 6.07) is 3.56. The second-order valence-corrected chi connectivity index (χ2v) is 3.48. The summed E-state index contributed by atoms with van der Waals surface area (Å²) in [5, 5.41) is 0. The normalized spacial score (nSPS) is 12.2. The third kappa shape index (κ3) is 3.42. The topological polar surface area (TPSA) is 50.8 Å². The fraction of sp³-hybridized carbons (Fsp3) is 0.400. The Kier molecular flexibility index (Phi) is 3.28. The van der Waals surface area contributed by atoms with Crippen molar-refractivity contribution >= 4 is 11.2 Å². The van der Waals surface area contributed by atoms with Gasteiger partial charge < -0.3 is 9.72 Å². The zero-order valence-electron chi connectivity index (χ0n) is 8.79. The molecule has 0 unspecified atom stereocenters. The van der Waals surface area contributed by atoms with Crippen LogP contribution in [0.1, 0.15) is 5.82 Å². The van der Waals surface area contributed by atoms with Crippen LogP contribution < -0.4 is 0 Å². The van der Waals surface area contributed by atoms with Crippen molar-refractivity contribution in [1.82, 2.24) is 15.0 Å². The van der Waals surface area contributed by atoms with E-state index in [9.17, 15) is 13.2 Å². The van der Waals surface area contributed by atoms with Crippen LogP contribution in [0.25, 0.3) is 11.2 Å². The van der Waals surface area contributed by atoms with Gasteiger partial charge in [-0.3, -0.25) is 0 Å². The molecule has 92 valence electrons. The van der Waals surface area contributed by atoms with Gasteiger partial charge in [0.2, 0.25) is 0 Å². The van der Waals surface area contributed by atoms with E-state index in [1.54, 1.807) is 18.3 Å². The second kappa shape index (κ2) is 4.70. The minimum Gasteiger partial charge on any atom is -0.372 e. The number of ether oxygens (including phenoxy) is 1. The molecule has 4 nitrogen and oxygen atoms in total. The number of hydrogen-bond donors (Lipinski definition) is 1. The summed E-state index contributed by atoms with van der Waals surface area (Å²) < 4.78 is 39.9. The molecular formula is C10H10F3N3O. The van der Waals surface area contributed by atoms with E-state index < -0.39 is 12.8 Å². The maximum Gasteiger partial charge on any atom is 0.411 e. The Hall–Kier alpha value is -1.63. The first-order chi connectivity index (χ1) is 8.04. The van der Waals surface area contributed by atoms with Crippen molar-refractivity contribution < 1.29 is 17.9 Å². The van der Waals surface area contributed by atoms with Crippen LogP contribution in [0, 0.1) is 0 Å². The molecule has 0 aliphatic heterocycles. The summed E-state index contributed by atoms with van der Waals surface area (Å²) in [6.07, 6.45) is -2.38. The van der Waals surface area contributed by atoms with Gasteiger partial charge in [-0.05, 0) is 12.1 Å². The standard InChI is InChI=1S/C10H10F3N3O/c11-10(12,13)6-17-5-3-8-15-7-2-1-4-14-9(7)16-8/h1-2,4H,3,5-6H2,(H,14,15,16). The molecule has 0 aromatic carbocycles. The van der Waals surface area contributed by atoms with Crippen molar-refractivity contribution in [2.45, 2.75) is 12.6 Å². The van der Waals surface area contributed by atoms with Crippen LogP contribution in [0.5, 0.6) is 0 Å². The highest BCUT2D eigenvalue weighted by molar-refractivity contribution is 5.69. The number of H-pyrrole nitrogens is 1. The van der Waals surface area contributed by atoms with E-state index in [0.29, 0.717) is 17.9 Å². The molecule has 17 heavy (non-hydrogen) atoms. The molecule has 2 rings (SSSR count). The van der Waals surface area contributed by atoms with E-state index in [1.165, 1.54) is 0 Å². The van der Waals surface area contributed by atoms with Crippen molar-refractivity contribution in [3.05, 3.63) is 24.2 Å². The summed E-state index contributed by atoms with van der Waals surface area (Å²) >= 11 is 0. The number of pyridine rings is 1. The lowest BCUT2D eigenvalue weighted by molar-refractivity contribution is -0.173. The van der Waals surface area contributed by atoms with Gasteiger partial charge in [-0.25, -0.2) is 9.97 Å². The number of aromatic amines is 1. The molecule has 2 aromatic rings. The fourth-order valence-corrected chi connectivity index (χ4v) is 1.37. The lowest BCUT2D eigenvalue weighted by Crippen LogP contribution is -2.18. The fourth-order valence-electron chi connectivity index (χ4n) is 1.37. The predicted molar refractivity (Wildman–Crippen MR) is 54.5 cm³/mol. The maximum absolute atomic E-state index is 11.8. The predicted octanol–water partition coefficient (Wildman–Crippen LogP) is 2.08. The molecule has 7 heteroatoms. The highest BCUT2D eigenvalue weighted by Gasteiger charge is 2.27. The van der Waals surface area contributed by atoms with Crippen LogP contribution in [0.4, 0.5) is 13.2 Å². The SMILES string of the molecule is FC(F)(F)COCCc1nc2ncccc2[nH]1. The molecular weight excluding hydrogens is 235 g/mol. The van der Waals surface area contributed by atoms with Crippen molar-refractivity contribution in [2.75, 3.05) is 13.2 Å². The minimum atomic E-state index is -4.28. The van der Waals surface area contributed by atoms with E-state index >= 15 is 0 Å². The monoisotopic (exact) mass is 245 g/mol. The molecule has 2 aromatic heterocycles. The molecule has 0 spiro atoms. The molecule has 0 bridgehead atoms. The van der Waals surface area contributed by atoms with Crippen LogP contribution in [0.3, 0.4) is 0 Å². The lowest BCUT2D eigenvalue weighted by atomic mass is 10.4. The Labute approximate surface area is 94.8 Å². The quantitative estimate of drug-likeness (QED) is 0.839. The number of aromatic nitrogens is 3. The summed E-state index contributed by atoms with van der Waals surface area (Å²) in [7, 11) is 0. The Balaban J connectivity index is 1.87. The van der Waals surface area contributed by atoms with Gasteiger partial charge in [0.05, 0.1) is 12.1 Å². The second-order valence-electron chi connectivity index (χ2n) is 3.48. The van der Waals surface area contributed by atoms with Gasteiger partial charge in [-0.15, -0.1) is 0 Å². The molecule has 0 aliphatic carbocycles. The first kappa shape index (κ1) is 11.8. The van der Waals surface area contributed by atoms with Gasteiger partial charge in [0.1, 0.15) is 12.4 Å². The smallest absolute Gasteiger partial charge is 0.372 e. The Morgan fingerprint density at radius 2 is 2.18 bits per heavy atom. The largest absolute Gasteiger partial charge is 0.411 e. The van der Waals surface area contributed by atoms with E-state index in [2.05, 4.69) is 19.7 Å². The van der Waals surface area contributed by atoms with Crippen molar-refractivity contribution in [1.29, 1.82) is 0 Å². The Morgan fingerprint density at radius 3 is 2.88 bits per heavy atom. The van der Waals surface area contributed by atoms with Crippen LogP contribution >= 0.6 is 0 Å². The van der Waals surface area contributed by atoms with Crippen LogP contribution in [0.2, 0.25) is 0 Å². The number of hydrogen-bond acceptors (Lipinski definition) is 3.